The summed E-state index contributed by atoms with van der Waals surface area (Å²) in [7, 11) is 0. The van der Waals surface area contributed by atoms with Crippen molar-refractivity contribution in [3.8, 4) is 0 Å². The van der Waals surface area contributed by atoms with Crippen molar-refractivity contribution in [2.24, 2.45) is 0 Å². The number of unbranched alkanes of at least 4 members (excludes halogenated alkanes) is 19. The first-order chi connectivity index (χ1) is 12.3. The number of carboxylic acid groups (broad SMARTS) is 1. The first-order valence-corrected chi connectivity index (χ1v) is 11.1. The average Bonchev–Trinajstić information content (AvgIpc) is 2.60. The van der Waals surface area contributed by atoms with Gasteiger partial charge in [-0.15, -0.1) is 0 Å². The summed E-state index contributed by atoms with van der Waals surface area (Å²) in [5, 5.41) is 8.56. The Balaban J connectivity index is 2.97. The van der Waals surface area contributed by atoms with Crippen molar-refractivity contribution in [1.29, 1.82) is 0 Å². The van der Waals surface area contributed by atoms with Crippen LogP contribution in [-0.2, 0) is 4.79 Å². The molecule has 0 atom stereocenters. The standard InChI is InChI=1S/C23H44O2/c1-2-3-4-5-6-7-8-9-10-11-12-13-14-15-16-17-18-19-20-21-22-23(24)25/h11H,1-10,12-22H2,(H,24,25). The van der Waals surface area contributed by atoms with Crippen LogP contribution in [-0.4, -0.2) is 11.1 Å². The fraction of sp³-hybridized carbons (Fsp3) is 0.870. The highest BCUT2D eigenvalue weighted by Gasteiger charge is 1.97. The van der Waals surface area contributed by atoms with Gasteiger partial charge >= 0.3 is 5.97 Å². The van der Waals surface area contributed by atoms with Crippen LogP contribution in [0.1, 0.15) is 128 Å². The summed E-state index contributed by atoms with van der Waals surface area (Å²) in [6.07, 6.45) is 27.5. The van der Waals surface area contributed by atoms with Gasteiger partial charge in [0.2, 0.25) is 0 Å². The van der Waals surface area contributed by atoms with Gasteiger partial charge < -0.3 is 5.11 Å². The van der Waals surface area contributed by atoms with Crippen molar-refractivity contribution < 1.29 is 9.90 Å². The molecule has 0 saturated heterocycles. The summed E-state index contributed by atoms with van der Waals surface area (Å²) in [6.45, 7) is 3.89. The Morgan fingerprint density at radius 1 is 0.600 bits per heavy atom. The Morgan fingerprint density at radius 3 is 1.36 bits per heavy atom. The van der Waals surface area contributed by atoms with E-state index in [0.29, 0.717) is 6.42 Å². The summed E-state index contributed by atoms with van der Waals surface area (Å²) in [5.41, 5.74) is 0. The molecule has 0 saturated carbocycles. The first kappa shape index (κ1) is 24.5. The van der Waals surface area contributed by atoms with Crippen LogP contribution in [0.4, 0.5) is 0 Å². The Morgan fingerprint density at radius 2 is 0.960 bits per heavy atom. The van der Waals surface area contributed by atoms with Gasteiger partial charge in [-0.1, -0.05) is 122 Å². The van der Waals surface area contributed by atoms with Crippen molar-refractivity contribution in [2.45, 2.75) is 128 Å². The fourth-order valence-corrected chi connectivity index (χ4v) is 3.30. The molecular formula is C23H44O2. The predicted octanol–water partition coefficient (Wildman–Crippen LogP) is 7.91. The second-order valence-electron chi connectivity index (χ2n) is 7.52. The summed E-state index contributed by atoms with van der Waals surface area (Å²) in [5.74, 6) is -0.655. The van der Waals surface area contributed by atoms with E-state index in [0.717, 1.165) is 19.3 Å². The summed E-state index contributed by atoms with van der Waals surface area (Å²) >= 11 is 0. The second-order valence-corrected chi connectivity index (χ2v) is 7.52. The third-order valence-electron chi connectivity index (χ3n) is 4.96. The molecule has 148 valence electrons. The van der Waals surface area contributed by atoms with E-state index in [1.807, 2.05) is 0 Å². The Bertz CT molecular complexity index is 263. The van der Waals surface area contributed by atoms with Gasteiger partial charge in [-0.25, -0.2) is 0 Å². The van der Waals surface area contributed by atoms with E-state index in [2.05, 4.69) is 13.3 Å². The maximum Gasteiger partial charge on any atom is 0.303 e. The molecule has 0 unspecified atom stereocenters. The minimum atomic E-state index is -0.655. The second kappa shape index (κ2) is 21.5. The summed E-state index contributed by atoms with van der Waals surface area (Å²) in [4.78, 5) is 10.4. The van der Waals surface area contributed by atoms with Gasteiger partial charge in [-0.3, -0.25) is 4.79 Å². The topological polar surface area (TPSA) is 37.3 Å². The highest BCUT2D eigenvalue weighted by Crippen LogP contribution is 2.14. The molecule has 0 aliphatic rings. The zero-order chi connectivity index (χ0) is 18.4. The largest absolute Gasteiger partial charge is 0.481 e. The van der Waals surface area contributed by atoms with E-state index in [1.54, 1.807) is 0 Å². The zero-order valence-electron chi connectivity index (χ0n) is 16.8. The van der Waals surface area contributed by atoms with Crippen molar-refractivity contribution in [3.05, 3.63) is 13.3 Å². The third kappa shape index (κ3) is 23.5. The normalized spacial score (nSPS) is 11.1. The molecule has 0 rings (SSSR count). The molecule has 0 aromatic rings. The molecule has 0 spiro atoms. The molecule has 0 amide bonds. The number of rotatable bonds is 21. The molecule has 0 aliphatic heterocycles. The lowest BCUT2D eigenvalue weighted by Crippen LogP contribution is -1.93. The van der Waals surface area contributed by atoms with E-state index < -0.39 is 5.97 Å². The molecule has 2 nitrogen and oxygen atoms in total. The van der Waals surface area contributed by atoms with Crippen LogP contribution in [0.2, 0.25) is 0 Å². The molecule has 2 radical (unpaired) electrons. The Labute approximate surface area is 158 Å². The Kier molecular flexibility index (Phi) is 21.1. The highest BCUT2D eigenvalue weighted by atomic mass is 16.4. The number of aliphatic carboxylic acids is 1. The molecule has 2 heteroatoms. The quantitative estimate of drug-likeness (QED) is 0.213. The number of hydrogen-bond acceptors (Lipinski definition) is 1. The molecule has 0 fully saturated rings. The number of carboxylic acids is 1. The van der Waals surface area contributed by atoms with E-state index in [-0.39, 0.29) is 0 Å². The van der Waals surface area contributed by atoms with Gasteiger partial charge in [0.25, 0.3) is 0 Å². The van der Waals surface area contributed by atoms with Crippen LogP contribution < -0.4 is 0 Å². The van der Waals surface area contributed by atoms with Crippen molar-refractivity contribution in [2.75, 3.05) is 0 Å². The molecule has 0 aromatic carbocycles. The van der Waals surface area contributed by atoms with Crippen LogP contribution in [0, 0.1) is 13.3 Å². The van der Waals surface area contributed by atoms with Crippen molar-refractivity contribution in [3.63, 3.8) is 0 Å². The van der Waals surface area contributed by atoms with Crippen LogP contribution in [0.3, 0.4) is 0 Å². The smallest absolute Gasteiger partial charge is 0.303 e. The van der Waals surface area contributed by atoms with Gasteiger partial charge in [0.1, 0.15) is 0 Å². The van der Waals surface area contributed by atoms with E-state index in [1.165, 1.54) is 103 Å². The van der Waals surface area contributed by atoms with Gasteiger partial charge in [0.15, 0.2) is 0 Å². The number of carbonyl (C=O) groups is 1. The summed E-state index contributed by atoms with van der Waals surface area (Å²) < 4.78 is 0. The van der Waals surface area contributed by atoms with Gasteiger partial charge in [0.05, 0.1) is 0 Å². The molecule has 1 N–H and O–H groups in total. The van der Waals surface area contributed by atoms with Gasteiger partial charge in [-0.05, 0) is 12.8 Å². The maximum absolute atomic E-state index is 10.4. The predicted molar refractivity (Wildman–Crippen MR) is 110 cm³/mol. The van der Waals surface area contributed by atoms with Crippen molar-refractivity contribution in [1.82, 2.24) is 0 Å². The molecule has 0 heterocycles. The van der Waals surface area contributed by atoms with Crippen LogP contribution >= 0.6 is 0 Å². The molecule has 25 heavy (non-hydrogen) atoms. The van der Waals surface area contributed by atoms with Crippen LogP contribution in [0.5, 0.6) is 0 Å². The minimum Gasteiger partial charge on any atom is -0.481 e. The van der Waals surface area contributed by atoms with E-state index in [4.69, 9.17) is 5.11 Å². The minimum absolute atomic E-state index is 0.341. The van der Waals surface area contributed by atoms with E-state index in [9.17, 15) is 4.79 Å². The van der Waals surface area contributed by atoms with Gasteiger partial charge in [-0.2, -0.15) is 0 Å². The molecule has 0 bridgehead atoms. The lowest BCUT2D eigenvalue weighted by molar-refractivity contribution is -0.137. The van der Waals surface area contributed by atoms with E-state index >= 15 is 0 Å². The van der Waals surface area contributed by atoms with Crippen molar-refractivity contribution >= 4 is 5.97 Å². The molecular weight excluding hydrogens is 308 g/mol. The SMILES string of the molecule is [CH2]CCCCCCCCC[CH]CCCCCCCCCCCC(=O)O. The lowest BCUT2D eigenvalue weighted by atomic mass is 10.0. The first-order valence-electron chi connectivity index (χ1n) is 11.1. The van der Waals surface area contributed by atoms with Crippen LogP contribution in [0.15, 0.2) is 0 Å². The monoisotopic (exact) mass is 352 g/mol. The fourth-order valence-electron chi connectivity index (χ4n) is 3.30. The summed E-state index contributed by atoms with van der Waals surface area (Å²) in [6, 6.07) is 0. The Hall–Kier alpha value is -0.530. The average molecular weight is 353 g/mol. The number of hydrogen-bond donors (Lipinski definition) is 1. The van der Waals surface area contributed by atoms with Gasteiger partial charge in [0, 0.05) is 6.42 Å². The van der Waals surface area contributed by atoms with Crippen LogP contribution in [0.25, 0.3) is 0 Å². The third-order valence-corrected chi connectivity index (χ3v) is 4.96. The zero-order valence-corrected chi connectivity index (χ0v) is 16.8. The maximum atomic E-state index is 10.4. The highest BCUT2D eigenvalue weighted by molar-refractivity contribution is 5.66. The molecule has 0 aliphatic carbocycles. The lowest BCUT2D eigenvalue weighted by Gasteiger charge is -2.03. The molecule has 0 aromatic heterocycles.